The highest BCUT2D eigenvalue weighted by Gasteiger charge is 2.29. The van der Waals surface area contributed by atoms with Gasteiger partial charge >= 0.3 is 6.18 Å². The first-order valence-corrected chi connectivity index (χ1v) is 6.14. The first-order chi connectivity index (χ1) is 8.90. The van der Waals surface area contributed by atoms with Crippen molar-refractivity contribution in [3.63, 3.8) is 0 Å². The summed E-state index contributed by atoms with van der Waals surface area (Å²) in [5.41, 5.74) is 1.08. The van der Waals surface area contributed by atoms with Crippen LogP contribution in [0.5, 0.6) is 0 Å². The Bertz CT molecular complexity index is 581. The van der Waals surface area contributed by atoms with Crippen LogP contribution in [0, 0.1) is 0 Å². The van der Waals surface area contributed by atoms with Crippen LogP contribution in [-0.2, 0) is 12.8 Å². The first kappa shape index (κ1) is 14.0. The summed E-state index contributed by atoms with van der Waals surface area (Å²) in [6.45, 7) is -0.229. The molecule has 1 aromatic heterocycles. The predicted octanol–water partition coefficient (Wildman–Crippen LogP) is 4.02. The molecule has 0 saturated carbocycles. The van der Waals surface area contributed by atoms with E-state index in [1.54, 1.807) is 12.1 Å². The number of rotatable bonds is 2. The molecule has 0 fully saturated rings. The van der Waals surface area contributed by atoms with Gasteiger partial charge in [-0.15, -0.1) is 0 Å². The highest BCUT2D eigenvalue weighted by molar-refractivity contribution is 9.10. The van der Waals surface area contributed by atoms with E-state index < -0.39 is 11.7 Å². The van der Waals surface area contributed by atoms with Gasteiger partial charge in [0.15, 0.2) is 0 Å². The van der Waals surface area contributed by atoms with E-state index in [1.807, 2.05) is 0 Å². The van der Waals surface area contributed by atoms with Crippen LogP contribution >= 0.6 is 15.9 Å². The zero-order valence-electron chi connectivity index (χ0n) is 9.58. The normalized spacial score (nSPS) is 11.6. The Morgan fingerprint density at radius 1 is 1.05 bits per heavy atom. The van der Waals surface area contributed by atoms with Gasteiger partial charge in [-0.1, -0.05) is 12.1 Å². The zero-order valence-corrected chi connectivity index (χ0v) is 11.2. The van der Waals surface area contributed by atoms with Gasteiger partial charge in [0, 0.05) is 0 Å². The van der Waals surface area contributed by atoms with Crippen molar-refractivity contribution >= 4 is 15.9 Å². The minimum Gasteiger partial charge on any atom is -0.390 e. The van der Waals surface area contributed by atoms with E-state index in [0.29, 0.717) is 21.4 Å². The number of pyridine rings is 1. The molecule has 2 aromatic rings. The number of halogens is 4. The van der Waals surface area contributed by atoms with Crippen molar-refractivity contribution in [3.05, 3.63) is 52.3 Å². The van der Waals surface area contributed by atoms with Crippen molar-refractivity contribution in [2.45, 2.75) is 12.8 Å². The molecule has 0 bridgehead atoms. The van der Waals surface area contributed by atoms with Gasteiger partial charge in [0.25, 0.3) is 0 Å². The first-order valence-electron chi connectivity index (χ1n) is 5.35. The Kier molecular flexibility index (Phi) is 3.91. The second-order valence-electron chi connectivity index (χ2n) is 3.90. The van der Waals surface area contributed by atoms with Crippen LogP contribution in [0.2, 0.25) is 0 Å². The van der Waals surface area contributed by atoms with Crippen LogP contribution in [0.1, 0.15) is 11.3 Å². The molecule has 1 N–H and O–H groups in total. The average Bonchev–Trinajstić information content (AvgIpc) is 2.37. The largest absolute Gasteiger partial charge is 0.416 e. The van der Waals surface area contributed by atoms with Gasteiger partial charge in [0.1, 0.15) is 4.60 Å². The summed E-state index contributed by atoms with van der Waals surface area (Å²) in [5, 5.41) is 9.05. The van der Waals surface area contributed by atoms with E-state index in [-0.39, 0.29) is 6.61 Å². The Hall–Kier alpha value is -1.40. The summed E-state index contributed by atoms with van der Waals surface area (Å²) in [7, 11) is 0. The lowest BCUT2D eigenvalue weighted by molar-refractivity contribution is -0.137. The molecule has 6 heteroatoms. The van der Waals surface area contributed by atoms with Gasteiger partial charge < -0.3 is 5.11 Å². The molecule has 0 amide bonds. The van der Waals surface area contributed by atoms with Crippen LogP contribution in [0.4, 0.5) is 13.2 Å². The maximum absolute atomic E-state index is 12.5. The van der Waals surface area contributed by atoms with Gasteiger partial charge in [-0.25, -0.2) is 4.98 Å². The maximum atomic E-state index is 12.5. The number of hydrogen-bond donors (Lipinski definition) is 1. The number of aromatic nitrogens is 1. The maximum Gasteiger partial charge on any atom is 0.416 e. The van der Waals surface area contributed by atoms with E-state index in [2.05, 4.69) is 20.9 Å². The molecule has 1 heterocycles. The van der Waals surface area contributed by atoms with E-state index in [0.717, 1.165) is 12.1 Å². The highest BCUT2D eigenvalue weighted by atomic mass is 79.9. The standard InChI is InChI=1S/C13H9BrF3NO/c14-12-6-9(5-11(7-19)18-12)8-1-3-10(4-2-8)13(15,16)17/h1-6,19H,7H2. The third-order valence-corrected chi connectivity index (χ3v) is 2.96. The molecule has 0 saturated heterocycles. The van der Waals surface area contributed by atoms with Crippen LogP contribution in [-0.4, -0.2) is 10.1 Å². The highest BCUT2D eigenvalue weighted by Crippen LogP contribution is 2.31. The Morgan fingerprint density at radius 3 is 2.21 bits per heavy atom. The molecule has 0 unspecified atom stereocenters. The molecule has 2 nitrogen and oxygen atoms in total. The third kappa shape index (κ3) is 3.33. The molecule has 0 aliphatic heterocycles. The molecule has 1 aromatic carbocycles. The zero-order chi connectivity index (χ0) is 14.0. The third-order valence-electron chi connectivity index (χ3n) is 2.55. The molecular formula is C13H9BrF3NO. The summed E-state index contributed by atoms with van der Waals surface area (Å²) in [6, 6.07) is 8.16. The van der Waals surface area contributed by atoms with Crippen molar-refractivity contribution in [2.75, 3.05) is 0 Å². The molecule has 0 aliphatic carbocycles. The molecule has 0 atom stereocenters. The number of alkyl halides is 3. The smallest absolute Gasteiger partial charge is 0.390 e. The average molecular weight is 332 g/mol. The molecule has 0 spiro atoms. The van der Waals surface area contributed by atoms with Crippen molar-refractivity contribution in [1.82, 2.24) is 4.98 Å². The fraction of sp³-hybridized carbons (Fsp3) is 0.154. The second kappa shape index (κ2) is 5.30. The van der Waals surface area contributed by atoms with E-state index in [4.69, 9.17) is 5.11 Å². The number of nitrogens with zero attached hydrogens (tertiary/aromatic N) is 1. The van der Waals surface area contributed by atoms with Gasteiger partial charge in [0.05, 0.1) is 17.9 Å². The second-order valence-corrected chi connectivity index (χ2v) is 4.72. The van der Waals surface area contributed by atoms with Crippen LogP contribution in [0.25, 0.3) is 11.1 Å². The van der Waals surface area contributed by atoms with Crippen molar-refractivity contribution in [1.29, 1.82) is 0 Å². The van der Waals surface area contributed by atoms with Crippen molar-refractivity contribution in [3.8, 4) is 11.1 Å². The predicted molar refractivity (Wildman–Crippen MR) is 68.3 cm³/mol. The van der Waals surface area contributed by atoms with Gasteiger partial charge in [-0.05, 0) is 51.3 Å². The van der Waals surface area contributed by atoms with E-state index in [9.17, 15) is 13.2 Å². The van der Waals surface area contributed by atoms with E-state index >= 15 is 0 Å². The molecule has 0 aliphatic rings. The van der Waals surface area contributed by atoms with Crippen molar-refractivity contribution < 1.29 is 18.3 Å². The minimum atomic E-state index is -4.34. The summed E-state index contributed by atoms with van der Waals surface area (Å²) in [5.74, 6) is 0. The molecule has 19 heavy (non-hydrogen) atoms. The number of benzene rings is 1. The molecule has 100 valence electrons. The summed E-state index contributed by atoms with van der Waals surface area (Å²) < 4.78 is 37.9. The number of aliphatic hydroxyl groups excluding tert-OH is 1. The fourth-order valence-corrected chi connectivity index (χ4v) is 2.12. The number of aliphatic hydroxyl groups is 1. The number of hydrogen-bond acceptors (Lipinski definition) is 2. The SMILES string of the molecule is OCc1cc(-c2ccc(C(F)(F)F)cc2)cc(Br)n1. The fourth-order valence-electron chi connectivity index (χ4n) is 1.65. The molecular weight excluding hydrogens is 323 g/mol. The Labute approximate surface area is 116 Å². The van der Waals surface area contributed by atoms with Gasteiger partial charge in [-0.2, -0.15) is 13.2 Å². The van der Waals surface area contributed by atoms with Gasteiger partial charge in [0.2, 0.25) is 0 Å². The lowest BCUT2D eigenvalue weighted by Gasteiger charge is -2.08. The van der Waals surface area contributed by atoms with Crippen LogP contribution < -0.4 is 0 Å². The topological polar surface area (TPSA) is 33.1 Å². The monoisotopic (exact) mass is 331 g/mol. The van der Waals surface area contributed by atoms with E-state index in [1.165, 1.54) is 12.1 Å². The Morgan fingerprint density at radius 2 is 1.68 bits per heavy atom. The molecule has 0 radical (unpaired) electrons. The Balaban J connectivity index is 2.40. The van der Waals surface area contributed by atoms with Gasteiger partial charge in [-0.3, -0.25) is 0 Å². The summed E-state index contributed by atoms with van der Waals surface area (Å²) in [4.78, 5) is 4.02. The molecule has 2 rings (SSSR count). The summed E-state index contributed by atoms with van der Waals surface area (Å²) in [6.07, 6.45) is -4.34. The summed E-state index contributed by atoms with van der Waals surface area (Å²) >= 11 is 3.20. The minimum absolute atomic E-state index is 0.229. The van der Waals surface area contributed by atoms with Crippen LogP contribution in [0.15, 0.2) is 41.0 Å². The van der Waals surface area contributed by atoms with Crippen molar-refractivity contribution in [2.24, 2.45) is 0 Å². The quantitative estimate of drug-likeness (QED) is 0.843. The van der Waals surface area contributed by atoms with Crippen LogP contribution in [0.3, 0.4) is 0 Å². The lowest BCUT2D eigenvalue weighted by atomic mass is 10.0. The lowest BCUT2D eigenvalue weighted by Crippen LogP contribution is -2.04.